The van der Waals surface area contributed by atoms with Crippen molar-refractivity contribution >= 4 is 23.4 Å². The molecule has 0 fully saturated rings. The molecule has 1 atom stereocenters. The number of para-hydroxylation sites is 1. The Hall–Kier alpha value is -1.74. The lowest BCUT2D eigenvalue weighted by Crippen LogP contribution is -2.22. The Morgan fingerprint density at radius 3 is 2.35 bits per heavy atom. The van der Waals surface area contributed by atoms with Crippen molar-refractivity contribution in [3.63, 3.8) is 0 Å². The molecule has 0 aromatic heterocycles. The first-order valence-electron chi connectivity index (χ1n) is 6.66. The van der Waals surface area contributed by atoms with Gasteiger partial charge in [0.25, 0.3) is 0 Å². The van der Waals surface area contributed by atoms with E-state index in [0.29, 0.717) is 0 Å². The fourth-order valence-corrected chi connectivity index (χ4v) is 2.69. The lowest BCUT2D eigenvalue weighted by molar-refractivity contribution is -0.115. The molecule has 0 aliphatic carbocycles. The zero-order valence-electron chi connectivity index (χ0n) is 12.0. The Bertz CT molecular complexity index is 592. The fraction of sp³-hybridized carbons (Fsp3) is 0.235. The molecule has 0 heterocycles. The van der Waals surface area contributed by atoms with Crippen molar-refractivity contribution in [3.05, 3.63) is 59.7 Å². The zero-order chi connectivity index (χ0) is 14.5. The number of carbonyl (C=O) groups excluding carboxylic acids is 1. The first-order chi connectivity index (χ1) is 9.56. The van der Waals surface area contributed by atoms with Crippen LogP contribution < -0.4 is 5.32 Å². The van der Waals surface area contributed by atoms with Crippen molar-refractivity contribution in [1.82, 2.24) is 0 Å². The van der Waals surface area contributed by atoms with Gasteiger partial charge in [-0.15, -0.1) is 11.8 Å². The molecule has 2 nitrogen and oxygen atoms in total. The number of hydrogen-bond donors (Lipinski definition) is 1. The maximum atomic E-state index is 12.2. The maximum Gasteiger partial charge on any atom is 0.237 e. The summed E-state index contributed by atoms with van der Waals surface area (Å²) in [5.74, 6) is 0.0323. The van der Waals surface area contributed by atoms with Crippen molar-refractivity contribution in [2.75, 3.05) is 5.32 Å². The molecule has 0 saturated heterocycles. The Balaban J connectivity index is 1.99. The summed E-state index contributed by atoms with van der Waals surface area (Å²) >= 11 is 1.57. The van der Waals surface area contributed by atoms with Crippen LogP contribution in [0.1, 0.15) is 18.1 Å². The van der Waals surface area contributed by atoms with E-state index in [1.165, 1.54) is 5.56 Å². The molecule has 20 heavy (non-hydrogen) atoms. The van der Waals surface area contributed by atoms with Gasteiger partial charge in [-0.1, -0.05) is 35.9 Å². The first kappa shape index (κ1) is 14.7. The van der Waals surface area contributed by atoms with Crippen molar-refractivity contribution < 1.29 is 4.79 Å². The van der Waals surface area contributed by atoms with Gasteiger partial charge in [-0.3, -0.25) is 4.79 Å². The molecule has 3 heteroatoms. The molecule has 1 N–H and O–H groups in total. The van der Waals surface area contributed by atoms with Crippen LogP contribution in [-0.2, 0) is 4.79 Å². The van der Waals surface area contributed by atoms with Crippen LogP contribution in [0.3, 0.4) is 0 Å². The number of nitrogens with one attached hydrogen (secondary N) is 1. The van der Waals surface area contributed by atoms with Crippen LogP contribution in [0.25, 0.3) is 0 Å². The van der Waals surface area contributed by atoms with Crippen molar-refractivity contribution in [3.8, 4) is 0 Å². The van der Waals surface area contributed by atoms with E-state index < -0.39 is 0 Å². The highest BCUT2D eigenvalue weighted by Crippen LogP contribution is 2.25. The summed E-state index contributed by atoms with van der Waals surface area (Å²) in [7, 11) is 0. The molecule has 0 saturated carbocycles. The average Bonchev–Trinajstić information content (AvgIpc) is 2.44. The number of anilines is 1. The molecule has 2 aromatic carbocycles. The van der Waals surface area contributed by atoms with E-state index in [2.05, 4.69) is 36.5 Å². The average molecular weight is 285 g/mol. The van der Waals surface area contributed by atoms with Crippen LogP contribution in [-0.4, -0.2) is 11.2 Å². The molecule has 104 valence electrons. The quantitative estimate of drug-likeness (QED) is 0.842. The summed E-state index contributed by atoms with van der Waals surface area (Å²) in [6.07, 6.45) is 0. The van der Waals surface area contributed by atoms with Gasteiger partial charge in [-0.05, 0) is 44.5 Å². The van der Waals surface area contributed by atoms with Gasteiger partial charge in [0.2, 0.25) is 5.91 Å². The Morgan fingerprint density at radius 2 is 1.70 bits per heavy atom. The van der Waals surface area contributed by atoms with Gasteiger partial charge in [-0.2, -0.15) is 0 Å². The third-order valence-corrected chi connectivity index (χ3v) is 4.22. The summed E-state index contributed by atoms with van der Waals surface area (Å²) in [6, 6.07) is 16.1. The largest absolute Gasteiger partial charge is 0.325 e. The van der Waals surface area contributed by atoms with Gasteiger partial charge in [0.1, 0.15) is 0 Å². The molecule has 1 amide bonds. The molecular weight excluding hydrogens is 266 g/mol. The van der Waals surface area contributed by atoms with E-state index in [1.807, 2.05) is 38.1 Å². The van der Waals surface area contributed by atoms with E-state index in [-0.39, 0.29) is 11.2 Å². The maximum absolute atomic E-state index is 12.2. The van der Waals surface area contributed by atoms with Crippen LogP contribution in [0.4, 0.5) is 5.69 Å². The van der Waals surface area contributed by atoms with E-state index in [9.17, 15) is 4.79 Å². The normalized spacial score (nSPS) is 11.9. The van der Waals surface area contributed by atoms with Crippen LogP contribution in [0, 0.1) is 13.8 Å². The summed E-state index contributed by atoms with van der Waals surface area (Å²) in [5.41, 5.74) is 3.19. The summed E-state index contributed by atoms with van der Waals surface area (Å²) in [4.78, 5) is 13.3. The fourth-order valence-electron chi connectivity index (χ4n) is 1.82. The third kappa shape index (κ3) is 3.87. The highest BCUT2D eigenvalue weighted by Gasteiger charge is 2.15. The summed E-state index contributed by atoms with van der Waals surface area (Å²) in [5, 5.41) is 2.85. The van der Waals surface area contributed by atoms with E-state index in [4.69, 9.17) is 0 Å². The number of rotatable bonds is 4. The molecule has 0 aliphatic heterocycles. The molecule has 0 aliphatic rings. The van der Waals surface area contributed by atoms with E-state index >= 15 is 0 Å². The van der Waals surface area contributed by atoms with Crippen LogP contribution in [0.5, 0.6) is 0 Å². The lowest BCUT2D eigenvalue weighted by atomic mass is 10.2. The van der Waals surface area contributed by atoms with Gasteiger partial charge in [0.05, 0.1) is 5.25 Å². The summed E-state index contributed by atoms with van der Waals surface area (Å²) < 4.78 is 0. The Labute approximate surface area is 124 Å². The molecule has 0 spiro atoms. The predicted molar refractivity (Wildman–Crippen MR) is 86.3 cm³/mol. The van der Waals surface area contributed by atoms with Gasteiger partial charge >= 0.3 is 0 Å². The highest BCUT2D eigenvalue weighted by molar-refractivity contribution is 8.00. The number of benzene rings is 2. The smallest absolute Gasteiger partial charge is 0.237 e. The second-order valence-corrected chi connectivity index (χ2v) is 6.29. The number of aryl methyl sites for hydroxylation is 2. The lowest BCUT2D eigenvalue weighted by Gasteiger charge is -2.13. The minimum absolute atomic E-state index is 0.0323. The van der Waals surface area contributed by atoms with Crippen LogP contribution >= 0.6 is 11.8 Å². The van der Waals surface area contributed by atoms with Crippen molar-refractivity contribution in [2.45, 2.75) is 30.9 Å². The third-order valence-electron chi connectivity index (χ3n) is 3.11. The SMILES string of the molecule is Cc1ccc(S[C@H](C)C(=O)Nc2ccccc2C)cc1. The summed E-state index contributed by atoms with van der Waals surface area (Å²) in [6.45, 7) is 5.98. The minimum Gasteiger partial charge on any atom is -0.325 e. The van der Waals surface area contributed by atoms with Gasteiger partial charge in [0.15, 0.2) is 0 Å². The second-order valence-electron chi connectivity index (χ2n) is 4.88. The molecular formula is C17H19NOS. The molecule has 0 bridgehead atoms. The number of thioether (sulfide) groups is 1. The second kappa shape index (κ2) is 6.62. The van der Waals surface area contributed by atoms with Gasteiger partial charge in [0, 0.05) is 10.6 Å². The molecule has 0 radical (unpaired) electrons. The number of amides is 1. The monoisotopic (exact) mass is 285 g/mol. The predicted octanol–water partition coefficient (Wildman–Crippen LogP) is 4.42. The molecule has 0 unspecified atom stereocenters. The van der Waals surface area contributed by atoms with Crippen molar-refractivity contribution in [2.24, 2.45) is 0 Å². The van der Waals surface area contributed by atoms with E-state index in [0.717, 1.165) is 16.1 Å². The molecule has 2 rings (SSSR count). The first-order valence-corrected chi connectivity index (χ1v) is 7.54. The Morgan fingerprint density at radius 1 is 1.05 bits per heavy atom. The van der Waals surface area contributed by atoms with Crippen LogP contribution in [0.15, 0.2) is 53.4 Å². The number of carbonyl (C=O) groups is 1. The van der Waals surface area contributed by atoms with Crippen LogP contribution in [0.2, 0.25) is 0 Å². The van der Waals surface area contributed by atoms with E-state index in [1.54, 1.807) is 11.8 Å². The number of hydrogen-bond acceptors (Lipinski definition) is 2. The minimum atomic E-state index is -0.127. The Kier molecular flexibility index (Phi) is 4.85. The standard InChI is InChI=1S/C17H19NOS/c1-12-8-10-15(11-9-12)20-14(3)17(19)18-16-7-5-4-6-13(16)2/h4-11,14H,1-3H3,(H,18,19)/t14-/m1/s1. The molecule has 2 aromatic rings. The highest BCUT2D eigenvalue weighted by atomic mass is 32.2. The van der Waals surface area contributed by atoms with Crippen molar-refractivity contribution in [1.29, 1.82) is 0 Å². The topological polar surface area (TPSA) is 29.1 Å². The van der Waals surface area contributed by atoms with Gasteiger partial charge in [-0.25, -0.2) is 0 Å². The van der Waals surface area contributed by atoms with Gasteiger partial charge < -0.3 is 5.32 Å². The zero-order valence-corrected chi connectivity index (χ0v) is 12.8.